The summed E-state index contributed by atoms with van der Waals surface area (Å²) >= 11 is 1.36. The molecular weight excluding hydrogens is 287 g/mol. The first-order valence-electron chi connectivity index (χ1n) is 5.71. The van der Waals surface area contributed by atoms with E-state index in [1.165, 1.54) is 29.5 Å². The summed E-state index contributed by atoms with van der Waals surface area (Å²) in [5.41, 5.74) is 0. The van der Waals surface area contributed by atoms with Gasteiger partial charge < -0.3 is 0 Å². The van der Waals surface area contributed by atoms with Crippen molar-refractivity contribution in [1.29, 1.82) is 0 Å². The maximum atomic E-state index is 13.5. The number of benzene rings is 1. The lowest BCUT2D eigenvalue weighted by Crippen LogP contribution is -2.28. The van der Waals surface area contributed by atoms with E-state index < -0.39 is 21.9 Å². The third-order valence-electron chi connectivity index (χ3n) is 2.58. The Morgan fingerprint density at radius 2 is 2.16 bits per heavy atom. The van der Waals surface area contributed by atoms with Crippen molar-refractivity contribution < 1.29 is 12.8 Å². The van der Waals surface area contributed by atoms with Gasteiger partial charge in [-0.15, -0.1) is 11.3 Å². The molecule has 4 nitrogen and oxygen atoms in total. The zero-order chi connectivity index (χ0) is 13.9. The molecule has 1 aromatic heterocycles. The minimum Gasteiger partial charge on any atom is -0.248 e. The van der Waals surface area contributed by atoms with Crippen LogP contribution in [0.25, 0.3) is 0 Å². The molecule has 0 saturated heterocycles. The van der Waals surface area contributed by atoms with E-state index in [-0.39, 0.29) is 4.90 Å². The van der Waals surface area contributed by atoms with Gasteiger partial charge in [0.15, 0.2) is 0 Å². The van der Waals surface area contributed by atoms with Gasteiger partial charge in [0.2, 0.25) is 10.0 Å². The fourth-order valence-electron chi connectivity index (χ4n) is 1.63. The molecule has 2 rings (SSSR count). The number of nitrogens with one attached hydrogen (secondary N) is 1. The number of aromatic nitrogens is 1. The second-order valence-electron chi connectivity index (χ2n) is 3.88. The average molecular weight is 300 g/mol. The molecule has 7 heteroatoms. The quantitative estimate of drug-likeness (QED) is 0.923. The summed E-state index contributed by atoms with van der Waals surface area (Å²) in [4.78, 5) is 3.74. The lowest BCUT2D eigenvalue weighted by Gasteiger charge is -2.15. The summed E-state index contributed by atoms with van der Waals surface area (Å²) < 4.78 is 40.3. The number of nitrogens with zero attached hydrogens (tertiary/aromatic N) is 1. The van der Waals surface area contributed by atoms with E-state index in [1.807, 2.05) is 6.92 Å². The van der Waals surface area contributed by atoms with Crippen LogP contribution in [0.2, 0.25) is 0 Å². The van der Waals surface area contributed by atoms with Crippen LogP contribution in [0.4, 0.5) is 4.39 Å². The highest BCUT2D eigenvalue weighted by Crippen LogP contribution is 2.22. The number of sulfonamides is 1. The van der Waals surface area contributed by atoms with Gasteiger partial charge in [0.25, 0.3) is 0 Å². The molecule has 0 saturated carbocycles. The maximum Gasteiger partial charge on any atom is 0.244 e. The molecule has 19 heavy (non-hydrogen) atoms. The zero-order valence-corrected chi connectivity index (χ0v) is 11.8. The van der Waals surface area contributed by atoms with Gasteiger partial charge in [-0.3, -0.25) is 0 Å². The minimum absolute atomic E-state index is 0.343. The van der Waals surface area contributed by atoms with Crippen LogP contribution < -0.4 is 4.72 Å². The highest BCUT2D eigenvalue weighted by atomic mass is 32.2. The van der Waals surface area contributed by atoms with Crippen molar-refractivity contribution in [2.75, 3.05) is 0 Å². The van der Waals surface area contributed by atoms with Crippen molar-refractivity contribution in [3.8, 4) is 0 Å². The average Bonchev–Trinajstić information content (AvgIpc) is 2.90. The Morgan fingerprint density at radius 3 is 2.74 bits per heavy atom. The summed E-state index contributed by atoms with van der Waals surface area (Å²) in [6.45, 7) is 1.84. The third kappa shape index (κ3) is 3.17. The molecule has 1 heterocycles. The summed E-state index contributed by atoms with van der Waals surface area (Å²) in [7, 11) is -3.89. The molecule has 1 N–H and O–H groups in total. The van der Waals surface area contributed by atoms with Crippen LogP contribution >= 0.6 is 11.3 Å². The van der Waals surface area contributed by atoms with E-state index in [4.69, 9.17) is 0 Å². The van der Waals surface area contributed by atoms with Gasteiger partial charge in [-0.1, -0.05) is 19.1 Å². The van der Waals surface area contributed by atoms with Crippen LogP contribution in [0.15, 0.2) is 40.7 Å². The van der Waals surface area contributed by atoms with Crippen LogP contribution in [0, 0.1) is 5.82 Å². The summed E-state index contributed by atoms with van der Waals surface area (Å²) in [5.74, 6) is -0.760. The van der Waals surface area contributed by atoms with Crippen molar-refractivity contribution in [2.24, 2.45) is 0 Å². The lowest BCUT2D eigenvalue weighted by molar-refractivity contribution is 0.534. The van der Waals surface area contributed by atoms with E-state index in [0.29, 0.717) is 11.4 Å². The first-order chi connectivity index (χ1) is 9.04. The van der Waals surface area contributed by atoms with Crippen LogP contribution in [-0.2, 0) is 10.0 Å². The van der Waals surface area contributed by atoms with Crippen LogP contribution in [0.1, 0.15) is 24.4 Å². The summed E-state index contributed by atoms with van der Waals surface area (Å²) in [5, 5.41) is 2.44. The molecular formula is C12H13FN2O2S2. The molecule has 0 radical (unpaired) electrons. The number of hydrogen-bond donors (Lipinski definition) is 1. The molecule has 0 aliphatic heterocycles. The standard InChI is InChI=1S/C12H13FN2O2S2/c1-2-10(12-14-7-8-18-12)15-19(16,17)11-6-4-3-5-9(11)13/h3-8,10,15H,2H2,1H3. The minimum atomic E-state index is -3.89. The lowest BCUT2D eigenvalue weighted by atomic mass is 10.3. The molecule has 0 aliphatic carbocycles. The van der Waals surface area contributed by atoms with Crippen molar-refractivity contribution in [1.82, 2.24) is 9.71 Å². The predicted molar refractivity (Wildman–Crippen MR) is 71.9 cm³/mol. The molecule has 102 valence electrons. The van der Waals surface area contributed by atoms with Gasteiger partial charge in [0.1, 0.15) is 15.7 Å². The summed E-state index contributed by atoms with van der Waals surface area (Å²) in [6, 6.07) is 4.86. The van der Waals surface area contributed by atoms with Gasteiger partial charge in [-0.25, -0.2) is 22.5 Å². The third-order valence-corrected chi connectivity index (χ3v) is 4.98. The van der Waals surface area contributed by atoms with E-state index >= 15 is 0 Å². The molecule has 1 aromatic carbocycles. The molecule has 2 aromatic rings. The first kappa shape index (κ1) is 14.1. The molecule has 0 fully saturated rings. The zero-order valence-electron chi connectivity index (χ0n) is 10.2. The van der Waals surface area contributed by atoms with E-state index in [0.717, 1.165) is 6.07 Å². The number of thiazole rings is 1. The Hall–Kier alpha value is -1.31. The molecule has 0 bridgehead atoms. The number of hydrogen-bond acceptors (Lipinski definition) is 4. The fourth-order valence-corrected chi connectivity index (χ4v) is 3.84. The first-order valence-corrected chi connectivity index (χ1v) is 8.07. The van der Waals surface area contributed by atoms with Gasteiger partial charge in [-0.05, 0) is 18.6 Å². The largest absolute Gasteiger partial charge is 0.248 e. The Morgan fingerprint density at radius 1 is 1.42 bits per heavy atom. The van der Waals surface area contributed by atoms with Gasteiger partial charge in [0.05, 0.1) is 6.04 Å². The van der Waals surface area contributed by atoms with Gasteiger partial charge >= 0.3 is 0 Å². The fraction of sp³-hybridized carbons (Fsp3) is 0.250. The predicted octanol–water partition coefficient (Wildman–Crippen LogP) is 2.71. The SMILES string of the molecule is CCC(NS(=O)(=O)c1ccccc1F)c1nccs1. The second kappa shape index (κ2) is 5.77. The van der Waals surface area contributed by atoms with E-state index in [1.54, 1.807) is 11.6 Å². The van der Waals surface area contributed by atoms with Gasteiger partial charge in [-0.2, -0.15) is 0 Å². The monoisotopic (exact) mass is 300 g/mol. The topological polar surface area (TPSA) is 59.1 Å². The second-order valence-corrected chi connectivity index (χ2v) is 6.49. The molecule has 1 atom stereocenters. The highest BCUT2D eigenvalue weighted by Gasteiger charge is 2.24. The van der Waals surface area contributed by atoms with Gasteiger partial charge in [0, 0.05) is 11.6 Å². The van der Waals surface area contributed by atoms with Crippen molar-refractivity contribution in [3.63, 3.8) is 0 Å². The molecule has 1 unspecified atom stereocenters. The molecule has 0 aliphatic rings. The Bertz CT molecular complexity index is 642. The van der Waals surface area contributed by atoms with Crippen molar-refractivity contribution >= 4 is 21.4 Å². The van der Waals surface area contributed by atoms with E-state index in [2.05, 4.69) is 9.71 Å². The molecule has 0 amide bonds. The van der Waals surface area contributed by atoms with Crippen LogP contribution in [-0.4, -0.2) is 13.4 Å². The smallest absolute Gasteiger partial charge is 0.244 e. The summed E-state index contributed by atoms with van der Waals surface area (Å²) in [6.07, 6.45) is 2.15. The Kier molecular flexibility index (Phi) is 4.28. The highest BCUT2D eigenvalue weighted by molar-refractivity contribution is 7.89. The normalized spacial score (nSPS) is 13.4. The maximum absolute atomic E-state index is 13.5. The van der Waals surface area contributed by atoms with Crippen LogP contribution in [0.3, 0.4) is 0 Å². The van der Waals surface area contributed by atoms with E-state index in [9.17, 15) is 12.8 Å². The number of halogens is 1. The Labute approximate surface area is 115 Å². The van der Waals surface area contributed by atoms with Crippen molar-refractivity contribution in [3.05, 3.63) is 46.7 Å². The van der Waals surface area contributed by atoms with Crippen molar-refractivity contribution in [2.45, 2.75) is 24.3 Å². The molecule has 0 spiro atoms. The Balaban J connectivity index is 2.29. The van der Waals surface area contributed by atoms with Crippen LogP contribution in [0.5, 0.6) is 0 Å². The number of rotatable bonds is 5.